The highest BCUT2D eigenvalue weighted by molar-refractivity contribution is 5.41. The molecule has 0 N–H and O–H groups in total. The van der Waals surface area contributed by atoms with Crippen molar-refractivity contribution >= 4 is 0 Å². The fourth-order valence-electron chi connectivity index (χ4n) is 1.33. The van der Waals surface area contributed by atoms with E-state index >= 15 is 0 Å². The van der Waals surface area contributed by atoms with E-state index in [9.17, 15) is 22.0 Å². The van der Waals surface area contributed by atoms with Crippen LogP contribution in [0.5, 0.6) is 0 Å². The van der Waals surface area contributed by atoms with Crippen molar-refractivity contribution in [2.45, 2.75) is 17.5 Å². The Morgan fingerprint density at radius 2 is 1.50 bits per heavy atom. The average molecular weight is 207 g/mol. The SMILES string of the molecule is FC1(F)C(F)(F)C1(F)c1[c]cccc1. The molecule has 2 rings (SSSR count). The maximum Gasteiger partial charge on any atom is 0.357 e. The van der Waals surface area contributed by atoms with Gasteiger partial charge < -0.3 is 0 Å². The van der Waals surface area contributed by atoms with Crippen LogP contribution in [0.3, 0.4) is 0 Å². The highest BCUT2D eigenvalue weighted by atomic mass is 19.3. The van der Waals surface area contributed by atoms with E-state index in [0.29, 0.717) is 0 Å². The van der Waals surface area contributed by atoms with E-state index in [2.05, 4.69) is 0 Å². The Morgan fingerprint density at radius 1 is 0.929 bits per heavy atom. The van der Waals surface area contributed by atoms with Gasteiger partial charge in [-0.2, -0.15) is 17.6 Å². The lowest BCUT2D eigenvalue weighted by Crippen LogP contribution is -2.10. The van der Waals surface area contributed by atoms with Gasteiger partial charge >= 0.3 is 11.8 Å². The zero-order valence-corrected chi connectivity index (χ0v) is 6.70. The summed E-state index contributed by atoms with van der Waals surface area (Å²) < 4.78 is 63.3. The summed E-state index contributed by atoms with van der Waals surface area (Å²) in [6.45, 7) is 0. The van der Waals surface area contributed by atoms with Gasteiger partial charge in [0, 0.05) is 5.56 Å². The van der Waals surface area contributed by atoms with Crippen molar-refractivity contribution in [3.05, 3.63) is 35.9 Å². The summed E-state index contributed by atoms with van der Waals surface area (Å²) in [7, 11) is 0. The summed E-state index contributed by atoms with van der Waals surface area (Å²) in [5, 5.41) is 0. The molecule has 0 saturated heterocycles. The Kier molecular flexibility index (Phi) is 1.53. The number of rotatable bonds is 1. The summed E-state index contributed by atoms with van der Waals surface area (Å²) in [4.78, 5) is 0. The van der Waals surface area contributed by atoms with Crippen LogP contribution in [0.4, 0.5) is 22.0 Å². The Hall–Kier alpha value is -1.13. The van der Waals surface area contributed by atoms with E-state index in [1.54, 1.807) is 0 Å². The summed E-state index contributed by atoms with van der Waals surface area (Å²) in [5.74, 6) is -9.25. The van der Waals surface area contributed by atoms with Crippen LogP contribution in [0.2, 0.25) is 0 Å². The normalized spacial score (nSPS) is 25.8. The monoisotopic (exact) mass is 207 g/mol. The summed E-state index contributed by atoms with van der Waals surface area (Å²) in [6.07, 6.45) is 0. The minimum Gasteiger partial charge on any atom is -0.225 e. The first-order valence-corrected chi connectivity index (χ1v) is 3.77. The molecule has 0 unspecified atom stereocenters. The van der Waals surface area contributed by atoms with Crippen molar-refractivity contribution in [1.82, 2.24) is 0 Å². The molecular weight excluding hydrogens is 203 g/mol. The topological polar surface area (TPSA) is 0 Å². The van der Waals surface area contributed by atoms with E-state index in [-0.39, 0.29) is 0 Å². The van der Waals surface area contributed by atoms with Gasteiger partial charge in [0.05, 0.1) is 0 Å². The third-order valence-corrected chi connectivity index (χ3v) is 2.28. The first kappa shape index (κ1) is 9.43. The highest BCUT2D eigenvalue weighted by Crippen LogP contribution is 2.73. The van der Waals surface area contributed by atoms with Crippen LogP contribution in [-0.4, -0.2) is 11.8 Å². The van der Waals surface area contributed by atoms with Gasteiger partial charge in [-0.05, 0) is 6.07 Å². The lowest BCUT2D eigenvalue weighted by atomic mass is 10.1. The number of halogens is 5. The smallest absolute Gasteiger partial charge is 0.225 e. The molecule has 1 saturated carbocycles. The van der Waals surface area contributed by atoms with Crippen molar-refractivity contribution in [3.8, 4) is 0 Å². The highest BCUT2D eigenvalue weighted by Gasteiger charge is 2.99. The number of alkyl halides is 5. The number of hydrogen-bond donors (Lipinski definition) is 0. The van der Waals surface area contributed by atoms with E-state index in [4.69, 9.17) is 0 Å². The van der Waals surface area contributed by atoms with E-state index in [1.165, 1.54) is 12.1 Å². The second-order valence-electron chi connectivity index (χ2n) is 3.08. The third kappa shape index (κ3) is 0.738. The van der Waals surface area contributed by atoms with Crippen LogP contribution in [0.1, 0.15) is 5.56 Å². The van der Waals surface area contributed by atoms with Crippen molar-refractivity contribution < 1.29 is 22.0 Å². The maximum atomic E-state index is 13.3. The molecule has 0 aliphatic heterocycles. The molecule has 5 heteroatoms. The molecule has 0 aromatic heterocycles. The van der Waals surface area contributed by atoms with E-state index < -0.39 is 23.1 Å². The molecule has 0 nitrogen and oxygen atoms in total. The van der Waals surface area contributed by atoms with Crippen LogP contribution in [-0.2, 0) is 5.67 Å². The molecule has 1 radical (unpaired) electrons. The Labute approximate surface area is 76.3 Å². The van der Waals surface area contributed by atoms with Crippen LogP contribution in [0, 0.1) is 6.07 Å². The van der Waals surface area contributed by atoms with Crippen molar-refractivity contribution in [3.63, 3.8) is 0 Å². The average Bonchev–Trinajstić information content (AvgIpc) is 2.47. The standard InChI is InChI=1S/C9H4F5/c10-7(6-4-2-1-3-5-6)8(11,12)9(7,13)14/h1-4H. The fourth-order valence-corrected chi connectivity index (χ4v) is 1.33. The molecule has 14 heavy (non-hydrogen) atoms. The van der Waals surface area contributed by atoms with Crippen molar-refractivity contribution in [1.29, 1.82) is 0 Å². The molecule has 0 bridgehead atoms. The molecule has 75 valence electrons. The minimum absolute atomic E-state index is 0.810. The van der Waals surface area contributed by atoms with Gasteiger partial charge in [0.2, 0.25) is 0 Å². The lowest BCUT2D eigenvalue weighted by molar-refractivity contribution is -0.0278. The third-order valence-electron chi connectivity index (χ3n) is 2.28. The van der Waals surface area contributed by atoms with Crippen LogP contribution in [0.25, 0.3) is 0 Å². The zero-order chi connectivity index (χ0) is 10.6. The van der Waals surface area contributed by atoms with Gasteiger partial charge in [0.1, 0.15) is 0 Å². The van der Waals surface area contributed by atoms with Gasteiger partial charge in [-0.15, -0.1) is 0 Å². The van der Waals surface area contributed by atoms with Gasteiger partial charge in [-0.3, -0.25) is 0 Å². The molecule has 0 spiro atoms. The molecule has 1 aromatic rings. The van der Waals surface area contributed by atoms with Gasteiger partial charge in [0.25, 0.3) is 5.67 Å². The quantitative estimate of drug-likeness (QED) is 0.621. The molecular formula is C9H4F5. The van der Waals surface area contributed by atoms with Crippen molar-refractivity contribution in [2.75, 3.05) is 0 Å². The number of benzene rings is 1. The predicted molar refractivity (Wildman–Crippen MR) is 38.0 cm³/mol. The van der Waals surface area contributed by atoms with Crippen LogP contribution in [0.15, 0.2) is 24.3 Å². The van der Waals surface area contributed by atoms with Gasteiger partial charge in [-0.1, -0.05) is 24.3 Å². The molecule has 1 aliphatic rings. The molecule has 1 aromatic carbocycles. The van der Waals surface area contributed by atoms with Crippen molar-refractivity contribution in [2.24, 2.45) is 0 Å². The van der Waals surface area contributed by atoms with Gasteiger partial charge in [-0.25, -0.2) is 4.39 Å². The molecule has 0 atom stereocenters. The zero-order valence-electron chi connectivity index (χ0n) is 6.70. The first-order chi connectivity index (χ1) is 6.36. The molecule has 1 fully saturated rings. The van der Waals surface area contributed by atoms with Crippen LogP contribution >= 0.6 is 0 Å². The summed E-state index contributed by atoms with van der Waals surface area (Å²) in [6, 6.07) is 6.62. The number of hydrogen-bond acceptors (Lipinski definition) is 0. The minimum atomic E-state index is -4.63. The van der Waals surface area contributed by atoms with E-state index in [0.717, 1.165) is 12.1 Å². The Bertz CT molecular complexity index is 343. The fraction of sp³-hybridized carbons (Fsp3) is 0.333. The lowest BCUT2D eigenvalue weighted by Gasteiger charge is -2.03. The second kappa shape index (κ2) is 2.27. The maximum absolute atomic E-state index is 13.3. The molecule has 0 heterocycles. The van der Waals surface area contributed by atoms with Crippen LogP contribution < -0.4 is 0 Å². The predicted octanol–water partition coefficient (Wildman–Crippen LogP) is 2.94. The summed E-state index contributed by atoms with van der Waals surface area (Å²) in [5.41, 5.74) is -4.70. The second-order valence-corrected chi connectivity index (χ2v) is 3.08. The first-order valence-electron chi connectivity index (χ1n) is 3.77. The summed E-state index contributed by atoms with van der Waals surface area (Å²) >= 11 is 0. The van der Waals surface area contributed by atoms with E-state index in [1.807, 2.05) is 6.07 Å². The Morgan fingerprint density at radius 3 is 1.86 bits per heavy atom. The largest absolute Gasteiger partial charge is 0.357 e. The Balaban J connectivity index is 2.48. The molecule has 0 amide bonds. The van der Waals surface area contributed by atoms with Gasteiger partial charge in [0.15, 0.2) is 0 Å². The molecule has 1 aliphatic carbocycles.